The van der Waals surface area contributed by atoms with E-state index in [1.54, 1.807) is 0 Å². The topological polar surface area (TPSA) is 17.0 Å². The van der Waals surface area contributed by atoms with E-state index >= 15 is 0 Å². The lowest BCUT2D eigenvalue weighted by Gasteiger charge is -2.43. The highest BCUT2D eigenvalue weighted by atomic mass is 15.0. The minimum absolute atomic E-state index is 0.0331. The molecule has 342 valence electrons. The number of anilines is 2. The maximum atomic E-state index is 4.08. The Bertz CT molecular complexity index is 3700. The van der Waals surface area contributed by atoms with Crippen LogP contribution in [0.15, 0.2) is 133 Å². The van der Waals surface area contributed by atoms with Crippen LogP contribution in [0.4, 0.5) is 11.4 Å². The molecular weight excluding hydrogens is 832 g/mol. The molecule has 2 nitrogen and oxygen atoms in total. The van der Waals surface area contributed by atoms with Gasteiger partial charge < -0.3 is 9.88 Å². The molecule has 1 aromatic heterocycles. The number of hydrogen-bond acceptors (Lipinski definition) is 1. The van der Waals surface area contributed by atoms with E-state index in [4.69, 9.17) is 0 Å². The Morgan fingerprint density at radius 1 is 0.478 bits per heavy atom. The third kappa shape index (κ3) is 6.17. The lowest BCUT2D eigenvalue weighted by Crippen LogP contribution is -2.41. The monoisotopic (exact) mass is 897 g/mol. The highest BCUT2D eigenvalue weighted by molar-refractivity contribution is 6.73. The Morgan fingerprint density at radius 3 is 1.77 bits per heavy atom. The molecule has 8 aromatic carbocycles. The van der Waals surface area contributed by atoms with E-state index < -0.39 is 0 Å². The molecule has 0 amide bonds. The van der Waals surface area contributed by atoms with Gasteiger partial charge in [0.15, 0.2) is 7.28 Å². The number of fused-ring (bicyclic) bond motifs is 11. The molecule has 0 spiro atoms. The summed E-state index contributed by atoms with van der Waals surface area (Å²) in [6.07, 6.45) is 4.70. The number of rotatable bonds is 4. The molecular formula is C66H65BN2. The summed E-state index contributed by atoms with van der Waals surface area (Å²) in [5, 5.41) is 9.32. The molecule has 3 aliphatic carbocycles. The van der Waals surface area contributed by atoms with Crippen molar-refractivity contribution in [2.24, 2.45) is 0 Å². The fraction of sp³-hybridized carbons (Fsp3) is 0.303. The van der Waals surface area contributed by atoms with E-state index in [0.29, 0.717) is 0 Å². The second-order valence-corrected chi connectivity index (χ2v) is 24.8. The van der Waals surface area contributed by atoms with Crippen LogP contribution in [0.1, 0.15) is 134 Å². The Labute approximate surface area is 410 Å². The first kappa shape index (κ1) is 42.8. The second-order valence-electron chi connectivity index (χ2n) is 24.8. The van der Waals surface area contributed by atoms with Crippen LogP contribution < -0.4 is 16.2 Å². The zero-order valence-corrected chi connectivity index (χ0v) is 42.7. The van der Waals surface area contributed by atoms with Gasteiger partial charge in [0.2, 0.25) is 0 Å². The van der Waals surface area contributed by atoms with Gasteiger partial charge in [-0.15, -0.1) is 0 Å². The number of nitrogens with one attached hydrogen (secondary N) is 1. The Balaban J connectivity index is 1.20. The molecule has 0 bridgehead atoms. The summed E-state index contributed by atoms with van der Waals surface area (Å²) in [6, 6.07) is 52.6. The van der Waals surface area contributed by atoms with Crippen molar-refractivity contribution in [2.75, 3.05) is 5.32 Å². The fourth-order valence-corrected chi connectivity index (χ4v) is 13.7. The molecule has 1 N–H and O–H groups in total. The molecule has 2 heterocycles. The van der Waals surface area contributed by atoms with E-state index in [1.807, 2.05) is 0 Å². The van der Waals surface area contributed by atoms with Gasteiger partial charge in [0, 0.05) is 44.3 Å². The number of benzene rings is 8. The van der Waals surface area contributed by atoms with Crippen LogP contribution in [0.25, 0.3) is 71.6 Å². The van der Waals surface area contributed by atoms with Crippen LogP contribution in [0.2, 0.25) is 0 Å². The SMILES string of the molecule is Cc1ccc(Nc2cc3c(cc2-c2cc(-c4ccc5c(c4)-c4ccccc4C5(C)C)c4c5cc6ccccc6cc5n5c4c2Bc2cc4c(cc2-5)C(C)(C)CCC4(C)C)C(C)(C)CCC3(C)C)cc1. The fourth-order valence-electron chi connectivity index (χ4n) is 13.7. The lowest BCUT2D eigenvalue weighted by atomic mass is 9.55. The van der Waals surface area contributed by atoms with Crippen molar-refractivity contribution >= 4 is 62.2 Å². The molecule has 0 atom stereocenters. The van der Waals surface area contributed by atoms with Crippen molar-refractivity contribution in [2.45, 2.75) is 129 Å². The highest BCUT2D eigenvalue weighted by Gasteiger charge is 2.42. The first-order valence-corrected chi connectivity index (χ1v) is 25.8. The second kappa shape index (κ2) is 14.2. The van der Waals surface area contributed by atoms with Crippen LogP contribution in [-0.4, -0.2) is 11.8 Å². The summed E-state index contributed by atoms with van der Waals surface area (Å²) in [5.74, 6) is 0. The van der Waals surface area contributed by atoms with Gasteiger partial charge in [-0.3, -0.25) is 0 Å². The molecule has 3 heteroatoms. The lowest BCUT2D eigenvalue weighted by molar-refractivity contribution is 0.332. The van der Waals surface area contributed by atoms with Crippen molar-refractivity contribution in [3.05, 3.63) is 172 Å². The normalized spacial score (nSPS) is 18.2. The summed E-state index contributed by atoms with van der Waals surface area (Å²) < 4.78 is 2.72. The number of aromatic nitrogens is 1. The van der Waals surface area contributed by atoms with Crippen molar-refractivity contribution < 1.29 is 0 Å². The Morgan fingerprint density at radius 2 is 1.07 bits per heavy atom. The van der Waals surface area contributed by atoms with Crippen LogP contribution in [-0.2, 0) is 27.1 Å². The van der Waals surface area contributed by atoms with Gasteiger partial charge in [-0.1, -0.05) is 159 Å². The summed E-state index contributed by atoms with van der Waals surface area (Å²) in [7, 11) is 0.864. The predicted octanol–water partition coefficient (Wildman–Crippen LogP) is 16.0. The number of nitrogens with zero attached hydrogens (tertiary/aromatic N) is 1. The van der Waals surface area contributed by atoms with E-state index in [2.05, 4.69) is 220 Å². The third-order valence-electron chi connectivity index (χ3n) is 18.2. The van der Waals surface area contributed by atoms with E-state index in [-0.39, 0.29) is 27.1 Å². The van der Waals surface area contributed by atoms with Crippen molar-refractivity contribution in [1.29, 1.82) is 0 Å². The van der Waals surface area contributed by atoms with E-state index in [1.165, 1.54) is 146 Å². The molecule has 0 saturated carbocycles. The maximum Gasteiger partial charge on any atom is 0.198 e. The van der Waals surface area contributed by atoms with Gasteiger partial charge in [-0.2, -0.15) is 0 Å². The number of aryl methyl sites for hydroxylation is 1. The van der Waals surface area contributed by atoms with Crippen LogP contribution in [0.5, 0.6) is 0 Å². The van der Waals surface area contributed by atoms with Crippen LogP contribution in [0.3, 0.4) is 0 Å². The van der Waals surface area contributed by atoms with Crippen LogP contribution in [0, 0.1) is 6.92 Å². The average molecular weight is 897 g/mol. The van der Waals surface area contributed by atoms with Crippen molar-refractivity contribution in [3.8, 4) is 39.1 Å². The van der Waals surface area contributed by atoms with Gasteiger partial charge in [0.25, 0.3) is 0 Å². The first-order chi connectivity index (χ1) is 32.8. The molecule has 0 radical (unpaired) electrons. The van der Waals surface area contributed by atoms with Crippen molar-refractivity contribution in [3.63, 3.8) is 0 Å². The van der Waals surface area contributed by atoms with Gasteiger partial charge in [-0.05, 0) is 186 Å². The van der Waals surface area contributed by atoms with Crippen molar-refractivity contribution in [1.82, 2.24) is 4.57 Å². The molecule has 9 aromatic rings. The Kier molecular flexibility index (Phi) is 8.77. The van der Waals surface area contributed by atoms with Gasteiger partial charge in [-0.25, -0.2) is 0 Å². The third-order valence-corrected chi connectivity index (χ3v) is 18.2. The summed E-state index contributed by atoms with van der Waals surface area (Å²) in [6.45, 7) is 26.8. The summed E-state index contributed by atoms with van der Waals surface area (Å²) in [5.41, 5.74) is 27.3. The largest absolute Gasteiger partial charge is 0.355 e. The summed E-state index contributed by atoms with van der Waals surface area (Å²) >= 11 is 0. The van der Waals surface area contributed by atoms with E-state index in [0.717, 1.165) is 19.4 Å². The van der Waals surface area contributed by atoms with Gasteiger partial charge in [0.05, 0.1) is 5.52 Å². The smallest absolute Gasteiger partial charge is 0.198 e. The van der Waals surface area contributed by atoms with Gasteiger partial charge in [0.1, 0.15) is 0 Å². The molecule has 1 aliphatic heterocycles. The zero-order valence-electron chi connectivity index (χ0n) is 42.7. The maximum absolute atomic E-state index is 4.08. The minimum Gasteiger partial charge on any atom is -0.355 e. The quantitative estimate of drug-likeness (QED) is 0.174. The molecule has 0 saturated heterocycles. The highest BCUT2D eigenvalue weighted by Crippen LogP contribution is 2.54. The molecule has 0 unspecified atom stereocenters. The van der Waals surface area contributed by atoms with Gasteiger partial charge >= 0.3 is 0 Å². The molecule has 13 rings (SSSR count). The molecule has 0 fully saturated rings. The first-order valence-electron chi connectivity index (χ1n) is 25.8. The molecule has 4 aliphatic rings. The standard InChI is InChI=1S/C66H65BN2/c1-38-20-23-42(24-21-38)68-56-36-53-51(62(2,3)26-28-64(53,6)7)34-46(56)47-33-44(41-22-25-50-45(31-41)43-18-14-15-19-49(43)66(50,10)11)59-48-30-39-16-12-13-17-40(39)32-57(48)69-58-37-54-52(35-55(58)67-60(47)61(59)69)63(4,5)27-29-65(54,8)9/h12-25,30-37,67-68H,26-29H2,1-11H3. The summed E-state index contributed by atoms with van der Waals surface area (Å²) in [4.78, 5) is 0. The minimum atomic E-state index is -0.0734. The number of hydrogen-bond donors (Lipinski definition) is 1. The van der Waals surface area contributed by atoms with Crippen LogP contribution >= 0.6 is 0 Å². The predicted molar refractivity (Wildman–Crippen MR) is 298 cm³/mol. The average Bonchev–Trinajstić information content (AvgIpc) is 3.77. The van der Waals surface area contributed by atoms with E-state index in [9.17, 15) is 0 Å². The zero-order chi connectivity index (χ0) is 47.7. The Hall–Kier alpha value is -6.32. The molecule has 69 heavy (non-hydrogen) atoms.